The Kier molecular flexibility index (Phi) is 4.97. The zero-order valence-electron chi connectivity index (χ0n) is 10.1. The van der Waals surface area contributed by atoms with Crippen LogP contribution in [0.4, 0.5) is 0 Å². The van der Waals surface area contributed by atoms with Crippen LogP contribution in [0.25, 0.3) is 0 Å². The molecule has 1 aromatic carbocycles. The van der Waals surface area contributed by atoms with Crippen LogP contribution in [0.5, 0.6) is 0 Å². The van der Waals surface area contributed by atoms with E-state index in [0.29, 0.717) is 0 Å². The van der Waals surface area contributed by atoms with E-state index in [-0.39, 0.29) is 24.4 Å². The number of hydrogen-bond donors (Lipinski definition) is 2. The van der Waals surface area contributed by atoms with Gasteiger partial charge in [-0.15, -0.1) is 11.6 Å². The number of alkyl halides is 1. The number of aliphatic hydroxyl groups excluding tert-OH is 1. The first kappa shape index (κ1) is 14.0. The van der Waals surface area contributed by atoms with Crippen LogP contribution < -0.4 is 5.32 Å². The van der Waals surface area contributed by atoms with Crippen LogP contribution in [0.3, 0.4) is 0 Å². The molecule has 0 heterocycles. The third-order valence-corrected chi connectivity index (χ3v) is 3.31. The van der Waals surface area contributed by atoms with Gasteiger partial charge >= 0.3 is 0 Å². The molecule has 0 saturated carbocycles. The lowest BCUT2D eigenvalue weighted by molar-refractivity contribution is -0.129. The molecule has 1 aromatic rings. The predicted octanol–water partition coefficient (Wildman–Crippen LogP) is 2.10. The lowest BCUT2D eigenvalue weighted by Crippen LogP contribution is -2.41. The number of carbonyl (C=O) groups is 1. The van der Waals surface area contributed by atoms with E-state index >= 15 is 0 Å². The van der Waals surface area contributed by atoms with E-state index in [2.05, 4.69) is 5.32 Å². The van der Waals surface area contributed by atoms with Crippen molar-refractivity contribution in [1.29, 1.82) is 0 Å². The maximum Gasteiger partial charge on any atom is 0.227 e. The summed E-state index contributed by atoms with van der Waals surface area (Å²) in [7, 11) is 0. The minimum atomic E-state index is -0.635. The van der Waals surface area contributed by atoms with Crippen LogP contribution >= 0.6 is 11.6 Å². The molecule has 0 aromatic heterocycles. The molecule has 0 radical (unpaired) electrons. The van der Waals surface area contributed by atoms with Crippen LogP contribution in [0, 0.1) is 5.41 Å². The van der Waals surface area contributed by atoms with Gasteiger partial charge in [-0.05, 0) is 19.4 Å². The topological polar surface area (TPSA) is 49.3 Å². The molecule has 4 heteroatoms. The number of amides is 1. The third-order valence-electron chi connectivity index (χ3n) is 2.64. The molecule has 0 aliphatic rings. The van der Waals surface area contributed by atoms with Crippen molar-refractivity contribution in [2.45, 2.75) is 19.9 Å². The first-order valence-corrected chi connectivity index (χ1v) is 6.07. The second-order valence-corrected chi connectivity index (χ2v) is 4.90. The lowest BCUT2D eigenvalue weighted by atomic mass is 9.94. The van der Waals surface area contributed by atoms with Crippen molar-refractivity contribution in [3.05, 3.63) is 35.9 Å². The standard InChI is InChI=1S/C13H18ClNO2/c1-13(2,9-14)12(17)15-11(8-16)10-6-4-3-5-7-10/h3-7,11,16H,8-9H2,1-2H3,(H,15,17)/t11-/m0/s1. The number of carbonyl (C=O) groups excluding carboxylic acids is 1. The summed E-state index contributed by atoms with van der Waals surface area (Å²) in [6.45, 7) is 3.41. The van der Waals surface area contributed by atoms with Crippen LogP contribution in [0.2, 0.25) is 0 Å². The number of aliphatic hydroxyl groups is 1. The fourth-order valence-corrected chi connectivity index (χ4v) is 1.46. The van der Waals surface area contributed by atoms with Crippen molar-refractivity contribution >= 4 is 17.5 Å². The van der Waals surface area contributed by atoms with Crippen molar-refractivity contribution in [3.63, 3.8) is 0 Å². The van der Waals surface area contributed by atoms with Gasteiger partial charge in [-0.2, -0.15) is 0 Å². The fraction of sp³-hybridized carbons (Fsp3) is 0.462. The van der Waals surface area contributed by atoms with Gasteiger partial charge in [0.1, 0.15) is 0 Å². The van der Waals surface area contributed by atoms with Crippen LogP contribution in [-0.2, 0) is 4.79 Å². The number of benzene rings is 1. The summed E-state index contributed by atoms with van der Waals surface area (Å²) in [6, 6.07) is 8.99. The molecular weight excluding hydrogens is 238 g/mol. The van der Waals surface area contributed by atoms with Gasteiger partial charge in [-0.1, -0.05) is 30.3 Å². The van der Waals surface area contributed by atoms with E-state index in [0.717, 1.165) is 5.56 Å². The Morgan fingerprint density at radius 2 is 2.00 bits per heavy atom. The highest BCUT2D eigenvalue weighted by atomic mass is 35.5. The monoisotopic (exact) mass is 255 g/mol. The number of rotatable bonds is 5. The molecule has 1 atom stereocenters. The van der Waals surface area contributed by atoms with Gasteiger partial charge in [0.05, 0.1) is 18.1 Å². The van der Waals surface area contributed by atoms with E-state index in [1.807, 2.05) is 30.3 Å². The molecule has 1 rings (SSSR count). The molecule has 17 heavy (non-hydrogen) atoms. The lowest BCUT2D eigenvalue weighted by Gasteiger charge is -2.24. The normalized spacial score (nSPS) is 13.2. The Bertz CT molecular complexity index is 365. The molecule has 0 aliphatic heterocycles. The molecule has 2 N–H and O–H groups in total. The van der Waals surface area contributed by atoms with Gasteiger partial charge in [-0.3, -0.25) is 4.79 Å². The maximum atomic E-state index is 11.9. The summed E-state index contributed by atoms with van der Waals surface area (Å²) >= 11 is 5.74. The highest BCUT2D eigenvalue weighted by Gasteiger charge is 2.28. The largest absolute Gasteiger partial charge is 0.394 e. The summed E-state index contributed by atoms with van der Waals surface area (Å²) in [6.07, 6.45) is 0. The summed E-state index contributed by atoms with van der Waals surface area (Å²) in [5.41, 5.74) is 0.248. The van der Waals surface area contributed by atoms with Crippen molar-refractivity contribution in [2.75, 3.05) is 12.5 Å². The maximum absolute atomic E-state index is 11.9. The Morgan fingerprint density at radius 1 is 1.41 bits per heavy atom. The first-order valence-electron chi connectivity index (χ1n) is 5.54. The molecule has 0 bridgehead atoms. The molecule has 3 nitrogen and oxygen atoms in total. The van der Waals surface area contributed by atoms with Crippen LogP contribution in [-0.4, -0.2) is 23.5 Å². The number of halogens is 1. The molecular formula is C13H18ClNO2. The van der Waals surface area contributed by atoms with Crippen molar-refractivity contribution in [2.24, 2.45) is 5.41 Å². The summed E-state index contributed by atoms with van der Waals surface area (Å²) in [5, 5.41) is 12.1. The molecule has 0 saturated heterocycles. The fourth-order valence-electron chi connectivity index (χ4n) is 1.33. The quantitative estimate of drug-likeness (QED) is 0.792. The van der Waals surface area contributed by atoms with E-state index in [9.17, 15) is 9.90 Å². The van der Waals surface area contributed by atoms with Gasteiger partial charge < -0.3 is 10.4 Å². The Morgan fingerprint density at radius 3 is 2.47 bits per heavy atom. The van der Waals surface area contributed by atoms with Gasteiger partial charge in [0, 0.05) is 5.88 Å². The zero-order valence-corrected chi connectivity index (χ0v) is 10.9. The summed E-state index contributed by atoms with van der Waals surface area (Å²) in [5.74, 6) is 0.0848. The van der Waals surface area contributed by atoms with Gasteiger partial charge in [0.2, 0.25) is 5.91 Å². The summed E-state index contributed by atoms with van der Waals surface area (Å²) < 4.78 is 0. The first-order chi connectivity index (χ1) is 8.01. The molecule has 1 amide bonds. The van der Waals surface area contributed by atoms with Crippen LogP contribution in [0.1, 0.15) is 25.5 Å². The van der Waals surface area contributed by atoms with Crippen molar-refractivity contribution in [1.82, 2.24) is 5.32 Å². The molecule has 94 valence electrons. The van der Waals surface area contributed by atoms with Crippen molar-refractivity contribution in [3.8, 4) is 0 Å². The Balaban J connectivity index is 2.75. The zero-order chi connectivity index (χ0) is 12.9. The number of nitrogens with one attached hydrogen (secondary N) is 1. The number of hydrogen-bond acceptors (Lipinski definition) is 2. The van der Waals surface area contributed by atoms with E-state index in [1.54, 1.807) is 13.8 Å². The second-order valence-electron chi connectivity index (χ2n) is 4.64. The van der Waals surface area contributed by atoms with E-state index < -0.39 is 5.41 Å². The van der Waals surface area contributed by atoms with Crippen LogP contribution in [0.15, 0.2) is 30.3 Å². The predicted molar refractivity (Wildman–Crippen MR) is 68.9 cm³/mol. The second kappa shape index (κ2) is 6.03. The Hall–Kier alpha value is -1.06. The SMILES string of the molecule is CC(C)(CCl)C(=O)N[C@@H](CO)c1ccccc1. The average Bonchev–Trinajstić information content (AvgIpc) is 2.36. The van der Waals surface area contributed by atoms with E-state index in [1.165, 1.54) is 0 Å². The smallest absolute Gasteiger partial charge is 0.227 e. The van der Waals surface area contributed by atoms with Gasteiger partial charge in [-0.25, -0.2) is 0 Å². The third kappa shape index (κ3) is 3.72. The molecule has 0 unspecified atom stereocenters. The minimum Gasteiger partial charge on any atom is -0.394 e. The summed E-state index contributed by atoms with van der Waals surface area (Å²) in [4.78, 5) is 11.9. The van der Waals surface area contributed by atoms with Gasteiger partial charge in [0.15, 0.2) is 0 Å². The molecule has 0 aliphatic carbocycles. The highest BCUT2D eigenvalue weighted by molar-refractivity contribution is 6.19. The van der Waals surface area contributed by atoms with E-state index in [4.69, 9.17) is 11.6 Å². The molecule has 0 fully saturated rings. The van der Waals surface area contributed by atoms with Crippen molar-refractivity contribution < 1.29 is 9.90 Å². The highest BCUT2D eigenvalue weighted by Crippen LogP contribution is 2.20. The molecule has 0 spiro atoms. The Labute approximate surface area is 107 Å². The average molecular weight is 256 g/mol. The van der Waals surface area contributed by atoms with Gasteiger partial charge in [0.25, 0.3) is 0 Å². The minimum absolute atomic E-state index is 0.131.